The highest BCUT2D eigenvalue weighted by atomic mass is 16.5. The van der Waals surface area contributed by atoms with Gasteiger partial charge in [-0.05, 0) is 51.0 Å². The second-order valence-corrected chi connectivity index (χ2v) is 6.97. The molecule has 0 fully saturated rings. The van der Waals surface area contributed by atoms with Gasteiger partial charge in [0.15, 0.2) is 11.5 Å². The van der Waals surface area contributed by atoms with Crippen LogP contribution < -0.4 is 14.8 Å². The third kappa shape index (κ3) is 6.01. The van der Waals surface area contributed by atoms with E-state index in [0.717, 1.165) is 11.1 Å². The van der Waals surface area contributed by atoms with Crippen LogP contribution in [0.5, 0.6) is 11.5 Å². The molecule has 0 spiro atoms. The van der Waals surface area contributed by atoms with E-state index in [-0.39, 0.29) is 18.6 Å². The van der Waals surface area contributed by atoms with E-state index in [9.17, 15) is 14.7 Å². The summed E-state index contributed by atoms with van der Waals surface area (Å²) in [6, 6.07) is 12.6. The molecule has 2 rings (SSSR count). The summed E-state index contributed by atoms with van der Waals surface area (Å²) in [5.41, 5.74) is 2.38. The number of hydrogen-bond acceptors (Lipinski definition) is 4. The van der Waals surface area contributed by atoms with Gasteiger partial charge in [-0.1, -0.05) is 29.8 Å². The van der Waals surface area contributed by atoms with E-state index >= 15 is 0 Å². The molecule has 1 unspecified atom stereocenters. The van der Waals surface area contributed by atoms with Crippen molar-refractivity contribution in [1.82, 2.24) is 5.32 Å². The summed E-state index contributed by atoms with van der Waals surface area (Å²) in [5.74, 6) is -1.01. The molecule has 6 nitrogen and oxygen atoms in total. The molecular formula is C22H27NO5. The molecule has 0 aliphatic rings. The maximum atomic E-state index is 12.5. The van der Waals surface area contributed by atoms with E-state index in [1.54, 1.807) is 18.2 Å². The van der Waals surface area contributed by atoms with Gasteiger partial charge in [-0.15, -0.1) is 0 Å². The van der Waals surface area contributed by atoms with Gasteiger partial charge in [0.25, 0.3) is 5.91 Å². The molecule has 0 saturated heterocycles. The minimum Gasteiger partial charge on any atom is -0.493 e. The zero-order valence-electron chi connectivity index (χ0n) is 16.7. The zero-order chi connectivity index (χ0) is 20.7. The lowest BCUT2D eigenvalue weighted by molar-refractivity contribution is -0.141. The van der Waals surface area contributed by atoms with E-state index in [1.165, 1.54) is 7.11 Å². The van der Waals surface area contributed by atoms with Crippen LogP contribution in [0.25, 0.3) is 0 Å². The molecule has 0 heterocycles. The maximum absolute atomic E-state index is 12.5. The van der Waals surface area contributed by atoms with Crippen LogP contribution in [0.3, 0.4) is 0 Å². The minimum absolute atomic E-state index is 0.0217. The summed E-state index contributed by atoms with van der Waals surface area (Å²) in [6.07, 6.45) is 0.327. The lowest BCUT2D eigenvalue weighted by Crippen LogP contribution is -2.34. The molecule has 1 amide bonds. The summed E-state index contributed by atoms with van der Waals surface area (Å²) >= 11 is 0. The third-order valence-electron chi connectivity index (χ3n) is 4.21. The number of methoxy groups -OCH3 is 1. The van der Waals surface area contributed by atoms with Crippen molar-refractivity contribution in [2.75, 3.05) is 13.7 Å². The van der Waals surface area contributed by atoms with Gasteiger partial charge >= 0.3 is 5.97 Å². The van der Waals surface area contributed by atoms with Gasteiger partial charge in [0.2, 0.25) is 0 Å². The molecule has 2 aromatic carbocycles. The van der Waals surface area contributed by atoms with E-state index in [2.05, 4.69) is 5.32 Å². The Hall–Kier alpha value is -3.02. The number of carbonyl (C=O) groups excluding carboxylic acids is 1. The van der Waals surface area contributed by atoms with E-state index < -0.39 is 11.9 Å². The Morgan fingerprint density at radius 3 is 2.46 bits per heavy atom. The topological polar surface area (TPSA) is 84.9 Å². The van der Waals surface area contributed by atoms with Gasteiger partial charge in [0, 0.05) is 12.1 Å². The van der Waals surface area contributed by atoms with Gasteiger partial charge in [0.1, 0.15) is 0 Å². The predicted molar refractivity (Wildman–Crippen MR) is 107 cm³/mol. The molecule has 150 valence electrons. The molecule has 1 atom stereocenters. The van der Waals surface area contributed by atoms with Crippen LogP contribution in [0.4, 0.5) is 0 Å². The summed E-state index contributed by atoms with van der Waals surface area (Å²) in [5, 5.41) is 12.2. The van der Waals surface area contributed by atoms with Crippen LogP contribution >= 0.6 is 0 Å². The Kier molecular flexibility index (Phi) is 7.44. The lowest BCUT2D eigenvalue weighted by Gasteiger charge is -2.16. The molecule has 0 aliphatic carbocycles. The summed E-state index contributed by atoms with van der Waals surface area (Å²) in [4.78, 5) is 24.1. The Labute approximate surface area is 165 Å². The minimum atomic E-state index is -0.944. The number of benzene rings is 2. The van der Waals surface area contributed by atoms with Crippen molar-refractivity contribution in [3.05, 3.63) is 59.2 Å². The number of ether oxygens (including phenoxy) is 2. The smallest absolute Gasteiger partial charge is 0.308 e. The fourth-order valence-corrected chi connectivity index (χ4v) is 2.85. The molecule has 6 heteroatoms. The van der Waals surface area contributed by atoms with Crippen molar-refractivity contribution >= 4 is 11.9 Å². The van der Waals surface area contributed by atoms with Gasteiger partial charge < -0.3 is 19.9 Å². The van der Waals surface area contributed by atoms with Crippen LogP contribution in [-0.2, 0) is 11.2 Å². The monoisotopic (exact) mass is 385 g/mol. The summed E-state index contributed by atoms with van der Waals surface area (Å²) in [6.45, 7) is 5.80. The number of rotatable bonds is 9. The van der Waals surface area contributed by atoms with E-state index in [4.69, 9.17) is 9.47 Å². The second kappa shape index (κ2) is 9.78. The maximum Gasteiger partial charge on any atom is 0.308 e. The van der Waals surface area contributed by atoms with Crippen LogP contribution in [0.2, 0.25) is 0 Å². The highest BCUT2D eigenvalue weighted by Crippen LogP contribution is 2.29. The Balaban J connectivity index is 2.05. The fraction of sp³-hybridized carbons (Fsp3) is 0.364. The SMILES string of the molecule is COc1cc(C(=O)NCC(Cc2cccc(C)c2)C(=O)O)ccc1OC(C)C. The number of amides is 1. The van der Waals surface area contributed by atoms with Gasteiger partial charge in [0.05, 0.1) is 19.1 Å². The van der Waals surface area contributed by atoms with Crippen LogP contribution in [0.15, 0.2) is 42.5 Å². The van der Waals surface area contributed by atoms with Gasteiger partial charge in [-0.2, -0.15) is 0 Å². The molecule has 0 radical (unpaired) electrons. The third-order valence-corrected chi connectivity index (χ3v) is 4.21. The molecule has 0 aliphatic heterocycles. The zero-order valence-corrected chi connectivity index (χ0v) is 16.7. The number of hydrogen-bond donors (Lipinski definition) is 2. The number of carboxylic acid groups (broad SMARTS) is 1. The number of nitrogens with one attached hydrogen (secondary N) is 1. The first-order chi connectivity index (χ1) is 13.3. The van der Waals surface area contributed by atoms with Gasteiger partial charge in [-0.3, -0.25) is 9.59 Å². The number of carbonyl (C=O) groups is 2. The predicted octanol–water partition coefficient (Wildman–Crippen LogP) is 3.46. The molecule has 28 heavy (non-hydrogen) atoms. The van der Waals surface area contributed by atoms with Gasteiger partial charge in [-0.25, -0.2) is 0 Å². The lowest BCUT2D eigenvalue weighted by atomic mass is 9.98. The van der Waals surface area contributed by atoms with Crippen molar-refractivity contribution in [3.63, 3.8) is 0 Å². The normalized spacial score (nSPS) is 11.8. The first-order valence-electron chi connectivity index (χ1n) is 9.21. The Morgan fingerprint density at radius 2 is 1.86 bits per heavy atom. The van der Waals surface area contributed by atoms with Crippen LogP contribution in [-0.4, -0.2) is 36.7 Å². The highest BCUT2D eigenvalue weighted by molar-refractivity contribution is 5.95. The van der Waals surface area contributed by atoms with E-state index in [0.29, 0.717) is 23.5 Å². The van der Waals surface area contributed by atoms with Crippen LogP contribution in [0, 0.1) is 12.8 Å². The number of carboxylic acids is 1. The Morgan fingerprint density at radius 1 is 1.11 bits per heavy atom. The number of aryl methyl sites for hydroxylation is 1. The molecule has 2 N–H and O–H groups in total. The molecule has 0 saturated carbocycles. The highest BCUT2D eigenvalue weighted by Gasteiger charge is 2.20. The molecule has 0 bridgehead atoms. The largest absolute Gasteiger partial charge is 0.493 e. The van der Waals surface area contributed by atoms with Crippen molar-refractivity contribution in [2.45, 2.75) is 33.3 Å². The summed E-state index contributed by atoms with van der Waals surface area (Å²) < 4.78 is 10.9. The van der Waals surface area contributed by atoms with E-state index in [1.807, 2.05) is 45.0 Å². The number of aliphatic carboxylic acids is 1. The van der Waals surface area contributed by atoms with Crippen molar-refractivity contribution < 1.29 is 24.2 Å². The standard InChI is InChI=1S/C22H27NO5/c1-14(2)28-19-9-8-17(12-20(19)27-4)21(24)23-13-18(22(25)26)11-16-7-5-6-15(3)10-16/h5-10,12,14,18H,11,13H2,1-4H3,(H,23,24)(H,25,26). The summed E-state index contributed by atoms with van der Waals surface area (Å²) in [7, 11) is 1.51. The first kappa shape index (κ1) is 21.3. The fourth-order valence-electron chi connectivity index (χ4n) is 2.85. The molecule has 0 aromatic heterocycles. The quantitative estimate of drug-likeness (QED) is 0.690. The van der Waals surface area contributed by atoms with Crippen molar-refractivity contribution in [2.24, 2.45) is 5.92 Å². The van der Waals surface area contributed by atoms with Crippen LogP contribution in [0.1, 0.15) is 35.3 Å². The second-order valence-electron chi connectivity index (χ2n) is 6.97. The first-order valence-corrected chi connectivity index (χ1v) is 9.21. The van der Waals surface area contributed by atoms with Crippen molar-refractivity contribution in [3.8, 4) is 11.5 Å². The molecular weight excluding hydrogens is 358 g/mol. The average Bonchev–Trinajstić information content (AvgIpc) is 2.64. The van der Waals surface area contributed by atoms with Crippen molar-refractivity contribution in [1.29, 1.82) is 0 Å². The average molecular weight is 385 g/mol. The Bertz CT molecular complexity index is 831. The molecule has 2 aromatic rings.